The number of carboxylic acid groups (broad SMARTS) is 1. The van der Waals surface area contributed by atoms with Crippen molar-refractivity contribution < 1.29 is 63.2 Å². The van der Waals surface area contributed by atoms with E-state index in [2.05, 4.69) is 9.89 Å². The molecule has 0 spiro atoms. The van der Waals surface area contributed by atoms with Crippen molar-refractivity contribution in [3.05, 3.63) is 64.0 Å². The monoisotopic (exact) mass is 692 g/mol. The minimum atomic E-state index is -2.06. The van der Waals surface area contributed by atoms with Crippen LogP contribution in [0.15, 0.2) is 46.7 Å². The number of allylic oxidation sites excluding steroid dienone is 1. The van der Waals surface area contributed by atoms with Crippen LogP contribution < -0.4 is 23.7 Å². The third kappa shape index (κ3) is 5.14. The van der Waals surface area contributed by atoms with Gasteiger partial charge in [0.2, 0.25) is 12.0 Å². The maximum absolute atomic E-state index is 11.9. The van der Waals surface area contributed by atoms with E-state index in [1.54, 1.807) is 26.5 Å². The number of methoxy groups -OCH3 is 2. The number of esters is 1. The number of ether oxygens (including phenoxy) is 7. The molecule has 2 aromatic carbocycles. The number of aliphatic hydroxyl groups excluding tert-OH is 2. The second-order valence-electron chi connectivity index (χ2n) is 13.1. The van der Waals surface area contributed by atoms with Gasteiger partial charge in [-0.05, 0) is 30.5 Å². The molecule has 8 rings (SSSR count). The number of benzene rings is 2. The fraction of sp³-hybridized carbons (Fsp3) is 0.457. The number of carbonyl (C=O) groups is 2. The van der Waals surface area contributed by atoms with Gasteiger partial charge >= 0.3 is 11.9 Å². The van der Waals surface area contributed by atoms with Crippen molar-refractivity contribution in [1.29, 1.82) is 0 Å². The Kier molecular flexibility index (Phi) is 7.90. The highest BCUT2D eigenvalue weighted by Crippen LogP contribution is 2.58. The topological polar surface area (TPSA) is 195 Å². The summed E-state index contributed by atoms with van der Waals surface area (Å²) in [5.74, 6) is -0.119. The second-order valence-corrected chi connectivity index (χ2v) is 13.1. The molecule has 6 aliphatic heterocycles. The van der Waals surface area contributed by atoms with Gasteiger partial charge in [-0.2, -0.15) is 0 Å². The summed E-state index contributed by atoms with van der Waals surface area (Å²) in [4.78, 5) is 29.4. The average Bonchev–Trinajstić information content (AvgIpc) is 3.77. The Morgan fingerprint density at radius 3 is 2.74 bits per heavy atom. The van der Waals surface area contributed by atoms with Gasteiger partial charge in [0.25, 0.3) is 0 Å². The molecule has 0 saturated carbocycles. The van der Waals surface area contributed by atoms with Crippen molar-refractivity contribution >= 4 is 18.2 Å². The predicted octanol–water partition coefficient (Wildman–Crippen LogP) is 1.50. The molecular weight excluding hydrogens is 656 g/mol. The highest BCUT2D eigenvalue weighted by Gasteiger charge is 2.58. The molecule has 0 radical (unpaired) electrons. The van der Waals surface area contributed by atoms with Gasteiger partial charge in [0, 0.05) is 53.8 Å². The van der Waals surface area contributed by atoms with Crippen LogP contribution in [-0.4, -0.2) is 108 Å². The molecule has 50 heavy (non-hydrogen) atoms. The third-order valence-electron chi connectivity index (χ3n) is 10.3. The van der Waals surface area contributed by atoms with Crippen LogP contribution >= 0.6 is 0 Å². The lowest BCUT2D eigenvalue weighted by Crippen LogP contribution is -2.67. The lowest BCUT2D eigenvalue weighted by atomic mass is 9.81. The smallest absolute Gasteiger partial charge is 0.317 e. The van der Waals surface area contributed by atoms with Crippen molar-refractivity contribution in [2.45, 2.75) is 68.0 Å². The van der Waals surface area contributed by atoms with E-state index in [4.69, 9.17) is 38.3 Å². The molecule has 0 amide bonds. The summed E-state index contributed by atoms with van der Waals surface area (Å²) >= 11 is 0. The molecule has 1 saturated heterocycles. The lowest BCUT2D eigenvalue weighted by Gasteiger charge is -2.46. The highest BCUT2D eigenvalue weighted by molar-refractivity contribution is 5.90. The number of nitrogens with zero attached hydrogens (tertiary/aromatic N) is 2. The highest BCUT2D eigenvalue weighted by atomic mass is 16.7. The van der Waals surface area contributed by atoms with Crippen LogP contribution in [0.25, 0.3) is 0 Å². The van der Waals surface area contributed by atoms with E-state index in [0.717, 1.165) is 33.5 Å². The van der Waals surface area contributed by atoms with Gasteiger partial charge in [0.1, 0.15) is 48.9 Å². The van der Waals surface area contributed by atoms with Crippen LogP contribution in [0.1, 0.15) is 47.1 Å². The second kappa shape index (κ2) is 12.2. The van der Waals surface area contributed by atoms with Crippen LogP contribution in [0.3, 0.4) is 0 Å². The number of carboxylic acids is 1. The van der Waals surface area contributed by atoms with Crippen molar-refractivity contribution in [3.8, 4) is 28.7 Å². The molecule has 6 aliphatic rings. The maximum Gasteiger partial charge on any atom is 0.317 e. The number of fused-ring (bicyclic) bond motifs is 8. The quantitative estimate of drug-likeness (QED) is 0.230. The van der Waals surface area contributed by atoms with E-state index in [9.17, 15) is 24.9 Å². The molecule has 2 aromatic rings. The molecular formula is C35H36N2O13. The zero-order valence-corrected chi connectivity index (χ0v) is 27.2. The number of carbonyl (C=O) groups excluding carboxylic acids is 1. The summed E-state index contributed by atoms with van der Waals surface area (Å²) in [5, 5.41) is 42.9. The predicted molar refractivity (Wildman–Crippen MR) is 170 cm³/mol. The average molecular weight is 693 g/mol. The summed E-state index contributed by atoms with van der Waals surface area (Å²) in [7, 11) is 3.13. The SMILES string of the molecule is COc1ccc2c(c1OC)O[C@H]1c3c(cc4c(c3CN3C=C5N=CC=C5C3)CC[C@]3(O)[C@H](O4)O[C@H](COC(=O)CC(=O)O)[C@@H](O)[C@@H]3O)OC[C@@H]21. The first-order chi connectivity index (χ1) is 24.1. The molecule has 0 bridgehead atoms. The molecule has 0 aromatic heterocycles. The molecule has 7 atom stereocenters. The van der Waals surface area contributed by atoms with E-state index in [0.29, 0.717) is 48.4 Å². The Labute approximate surface area is 285 Å². The van der Waals surface area contributed by atoms with Gasteiger partial charge in [-0.3, -0.25) is 14.6 Å². The first-order valence-electron chi connectivity index (χ1n) is 16.3. The van der Waals surface area contributed by atoms with Crippen molar-refractivity contribution in [1.82, 2.24) is 4.90 Å². The zero-order chi connectivity index (χ0) is 34.9. The van der Waals surface area contributed by atoms with Crippen molar-refractivity contribution in [2.75, 3.05) is 34.0 Å². The molecule has 6 heterocycles. The fourth-order valence-electron chi connectivity index (χ4n) is 7.74. The van der Waals surface area contributed by atoms with Gasteiger partial charge in [-0.15, -0.1) is 0 Å². The van der Waals surface area contributed by atoms with Gasteiger partial charge < -0.3 is 58.5 Å². The van der Waals surface area contributed by atoms with Crippen LogP contribution in [0, 0.1) is 0 Å². The number of hydrogen-bond donors (Lipinski definition) is 4. The van der Waals surface area contributed by atoms with Gasteiger partial charge in [0.15, 0.2) is 17.1 Å². The first-order valence-corrected chi connectivity index (χ1v) is 16.3. The molecule has 264 valence electrons. The zero-order valence-electron chi connectivity index (χ0n) is 27.2. The minimum Gasteiger partial charge on any atom is -0.493 e. The largest absolute Gasteiger partial charge is 0.493 e. The molecule has 0 unspecified atom stereocenters. The molecule has 15 nitrogen and oxygen atoms in total. The number of aliphatic hydroxyl groups is 3. The van der Waals surface area contributed by atoms with E-state index in [1.165, 1.54) is 0 Å². The minimum absolute atomic E-state index is 0.0577. The standard InChI is InChI=1S/C35H36N2O13/c1-44-22-4-3-18-20-14-46-24-9-23-17(5-7-35(43)33(42)29(41)25(49-34(35)48-23)15-47-27(40)10-26(38)39)19(12-37-11-16-6-8-36-21(16)13-37)28(24)30(20)50-31(18)32(22)45-2/h3-4,6,8-9,13,20,25,29-30,33-34,41-43H,5,7,10-12,14-15H2,1-2H3,(H,38,39)/t20-,25+,29+,30+,33-,34+,35+/m0/s1. The number of hydrogen-bond acceptors (Lipinski definition) is 14. The Bertz CT molecular complexity index is 1860. The Balaban J connectivity index is 1.17. The number of rotatable bonds is 8. The van der Waals surface area contributed by atoms with Crippen molar-refractivity contribution in [2.24, 2.45) is 4.99 Å². The van der Waals surface area contributed by atoms with Crippen LogP contribution in [0.5, 0.6) is 28.7 Å². The van der Waals surface area contributed by atoms with Gasteiger partial charge in [-0.25, -0.2) is 0 Å². The molecule has 4 N–H and O–H groups in total. The van der Waals surface area contributed by atoms with E-state index in [1.807, 2.05) is 24.4 Å². The number of aliphatic imine (C=N–C) groups is 1. The molecule has 1 fully saturated rings. The summed E-state index contributed by atoms with van der Waals surface area (Å²) in [6, 6.07) is 5.53. The summed E-state index contributed by atoms with van der Waals surface area (Å²) < 4.78 is 41.7. The summed E-state index contributed by atoms with van der Waals surface area (Å²) in [6.07, 6.45) is -1.65. The van der Waals surface area contributed by atoms with Crippen LogP contribution in [0.4, 0.5) is 0 Å². The lowest BCUT2D eigenvalue weighted by molar-refractivity contribution is -0.320. The third-order valence-corrected chi connectivity index (χ3v) is 10.3. The summed E-state index contributed by atoms with van der Waals surface area (Å²) in [6.45, 7) is 0.767. The van der Waals surface area contributed by atoms with Gasteiger partial charge in [0.05, 0.1) is 32.4 Å². The molecule has 15 heteroatoms. The van der Waals surface area contributed by atoms with Crippen LogP contribution in [0.2, 0.25) is 0 Å². The number of aliphatic carboxylic acids is 1. The van der Waals surface area contributed by atoms with E-state index in [-0.39, 0.29) is 18.8 Å². The van der Waals surface area contributed by atoms with Crippen molar-refractivity contribution in [3.63, 3.8) is 0 Å². The normalized spacial score (nSPS) is 29.7. The van der Waals surface area contributed by atoms with Crippen LogP contribution in [-0.2, 0) is 32.0 Å². The first kappa shape index (κ1) is 32.4. The Morgan fingerprint density at radius 2 is 1.98 bits per heavy atom. The van der Waals surface area contributed by atoms with Gasteiger partial charge in [-0.1, -0.05) is 6.07 Å². The summed E-state index contributed by atoms with van der Waals surface area (Å²) in [5.41, 5.74) is 3.25. The Morgan fingerprint density at radius 1 is 1.14 bits per heavy atom. The Hall–Kier alpha value is -4.83. The molecule has 0 aliphatic carbocycles. The van der Waals surface area contributed by atoms with E-state index < -0.39 is 61.3 Å². The van der Waals surface area contributed by atoms with E-state index >= 15 is 0 Å². The maximum atomic E-state index is 11.9. The fourth-order valence-corrected chi connectivity index (χ4v) is 7.74.